The van der Waals surface area contributed by atoms with Crippen molar-refractivity contribution in [2.75, 3.05) is 12.0 Å². The summed E-state index contributed by atoms with van der Waals surface area (Å²) in [5.41, 5.74) is 5.46. The maximum atomic E-state index is 13.6. The number of rotatable bonds is 9. The van der Waals surface area contributed by atoms with Crippen LogP contribution < -0.4 is 0 Å². The second-order valence-electron chi connectivity index (χ2n) is 13.5. The van der Waals surface area contributed by atoms with Crippen LogP contribution >= 0.6 is 11.8 Å². The van der Waals surface area contributed by atoms with Crippen LogP contribution in [0.2, 0.25) is 0 Å². The number of carbonyl (C=O) groups is 3. The predicted octanol–water partition coefficient (Wildman–Crippen LogP) is 6.40. The van der Waals surface area contributed by atoms with E-state index >= 15 is 0 Å². The van der Waals surface area contributed by atoms with Crippen LogP contribution in [0.1, 0.15) is 93.2 Å². The van der Waals surface area contributed by atoms with Gasteiger partial charge in [0, 0.05) is 101 Å². The summed E-state index contributed by atoms with van der Waals surface area (Å²) in [5, 5.41) is 0. The van der Waals surface area contributed by atoms with Crippen molar-refractivity contribution in [1.29, 1.82) is 0 Å². The van der Waals surface area contributed by atoms with Crippen molar-refractivity contribution in [2.24, 2.45) is 11.8 Å². The van der Waals surface area contributed by atoms with Crippen LogP contribution in [0.15, 0.2) is 55.4 Å². The molecule has 1 aliphatic rings. The molecule has 4 heterocycles. The molecule has 10 heteroatoms. The zero-order valence-electron chi connectivity index (χ0n) is 28.7. The monoisotopic (exact) mass is 658 g/mol. The third kappa shape index (κ3) is 11.8. The Morgan fingerprint density at radius 1 is 0.553 bits per heavy atom. The minimum atomic E-state index is 0.0616. The zero-order chi connectivity index (χ0) is 33.8. The SMILES string of the molecule is CSCCC(=O)N1Cc2cncc(c2)CN(C(=O)CCC(C)C)Cc2cncc(c2)CN(C(=O)CCC(C)C)Cc2cncc(c2)C1. The molecule has 0 fully saturated rings. The Kier molecular flexibility index (Phi) is 13.8. The van der Waals surface area contributed by atoms with Crippen LogP contribution in [0, 0.1) is 11.8 Å². The Morgan fingerprint density at radius 2 is 0.830 bits per heavy atom. The molecule has 3 aromatic heterocycles. The molecule has 0 aliphatic carbocycles. The van der Waals surface area contributed by atoms with Gasteiger partial charge >= 0.3 is 0 Å². The molecule has 3 amide bonds. The van der Waals surface area contributed by atoms with Crippen molar-refractivity contribution < 1.29 is 14.4 Å². The number of aromatic nitrogens is 3. The highest BCUT2D eigenvalue weighted by Gasteiger charge is 2.21. The van der Waals surface area contributed by atoms with E-state index in [2.05, 4.69) is 60.8 Å². The van der Waals surface area contributed by atoms with E-state index in [1.54, 1.807) is 48.9 Å². The topological polar surface area (TPSA) is 99.6 Å². The Morgan fingerprint density at radius 3 is 1.09 bits per heavy atom. The maximum absolute atomic E-state index is 13.6. The third-order valence-electron chi connectivity index (χ3n) is 8.24. The molecule has 0 radical (unpaired) electrons. The predicted molar refractivity (Wildman–Crippen MR) is 187 cm³/mol. The number of amides is 3. The van der Waals surface area contributed by atoms with E-state index in [0.717, 1.165) is 52.0 Å². The average molecular weight is 659 g/mol. The Bertz CT molecular complexity index is 1400. The highest BCUT2D eigenvalue weighted by Crippen LogP contribution is 2.20. The van der Waals surface area contributed by atoms with Gasteiger partial charge in [-0.15, -0.1) is 0 Å². The van der Waals surface area contributed by atoms with Gasteiger partial charge in [0.15, 0.2) is 0 Å². The normalized spacial score (nSPS) is 14.2. The fourth-order valence-corrected chi connectivity index (χ4v) is 6.03. The van der Waals surface area contributed by atoms with Crippen molar-refractivity contribution in [3.8, 4) is 0 Å². The van der Waals surface area contributed by atoms with Crippen molar-refractivity contribution >= 4 is 29.5 Å². The van der Waals surface area contributed by atoms with Crippen LogP contribution in [-0.2, 0) is 53.7 Å². The largest absolute Gasteiger partial charge is 0.334 e. The van der Waals surface area contributed by atoms with Gasteiger partial charge in [-0.1, -0.05) is 27.7 Å². The number of thioether (sulfide) groups is 1. The van der Waals surface area contributed by atoms with E-state index in [1.165, 1.54) is 0 Å². The van der Waals surface area contributed by atoms with Crippen LogP contribution in [0.4, 0.5) is 0 Å². The molecule has 9 nitrogen and oxygen atoms in total. The summed E-state index contributed by atoms with van der Waals surface area (Å²) >= 11 is 1.65. The standard InChI is InChI=1S/C37H50N6O3S/c1-27(2)6-8-35(44)41-21-29-12-30(16-38-15-29)22-42(36(45)9-7-28(3)4)24-32-14-34(20-40-18-32)26-43(37(46)10-11-47-5)25-33-13-31(23-41)17-39-19-33/h12-20,27-28H,6-11,21-26H2,1-5H3. The van der Waals surface area contributed by atoms with Gasteiger partial charge in [-0.3, -0.25) is 29.3 Å². The van der Waals surface area contributed by atoms with Crippen LogP contribution in [0.25, 0.3) is 0 Å². The van der Waals surface area contributed by atoms with E-state index in [0.29, 0.717) is 70.4 Å². The molecule has 0 atom stereocenters. The molecule has 47 heavy (non-hydrogen) atoms. The van der Waals surface area contributed by atoms with Gasteiger partial charge < -0.3 is 14.7 Å². The molecule has 252 valence electrons. The molecular formula is C37H50N6O3S. The number of hydrogen-bond donors (Lipinski definition) is 0. The summed E-state index contributed by atoms with van der Waals surface area (Å²) in [5.74, 6) is 1.79. The van der Waals surface area contributed by atoms with E-state index in [9.17, 15) is 14.4 Å². The van der Waals surface area contributed by atoms with E-state index < -0.39 is 0 Å². The lowest BCUT2D eigenvalue weighted by Gasteiger charge is -2.27. The fourth-order valence-electron chi connectivity index (χ4n) is 5.65. The lowest BCUT2D eigenvalue weighted by molar-refractivity contribution is -0.133. The van der Waals surface area contributed by atoms with Gasteiger partial charge in [0.2, 0.25) is 17.7 Å². The smallest absolute Gasteiger partial charge is 0.224 e. The lowest BCUT2D eigenvalue weighted by atomic mass is 10.1. The Balaban J connectivity index is 1.75. The second-order valence-corrected chi connectivity index (χ2v) is 14.4. The number of hydrogen-bond acceptors (Lipinski definition) is 7. The summed E-state index contributed by atoms with van der Waals surface area (Å²) in [7, 11) is 0. The van der Waals surface area contributed by atoms with Gasteiger partial charge in [0.1, 0.15) is 0 Å². The maximum Gasteiger partial charge on any atom is 0.224 e. The molecule has 0 saturated carbocycles. The minimum Gasteiger partial charge on any atom is -0.334 e. The van der Waals surface area contributed by atoms with Crippen LogP contribution in [0.5, 0.6) is 0 Å². The minimum absolute atomic E-state index is 0.0616. The Hall–Kier alpha value is -3.79. The molecule has 4 rings (SSSR count). The second kappa shape index (κ2) is 17.9. The van der Waals surface area contributed by atoms with Crippen molar-refractivity contribution in [3.05, 3.63) is 88.8 Å². The Labute approximate surface area is 284 Å². The highest BCUT2D eigenvalue weighted by molar-refractivity contribution is 7.98. The van der Waals surface area contributed by atoms with E-state index in [1.807, 2.05) is 21.0 Å². The molecule has 3 aromatic rings. The quantitative estimate of drug-likeness (QED) is 0.263. The zero-order valence-corrected chi connectivity index (χ0v) is 29.5. The van der Waals surface area contributed by atoms with Gasteiger partial charge in [0.05, 0.1) is 0 Å². The van der Waals surface area contributed by atoms with Gasteiger partial charge in [-0.2, -0.15) is 11.8 Å². The van der Waals surface area contributed by atoms with Crippen molar-refractivity contribution in [2.45, 2.75) is 99.1 Å². The van der Waals surface area contributed by atoms with Crippen LogP contribution in [0.3, 0.4) is 0 Å². The van der Waals surface area contributed by atoms with E-state index in [-0.39, 0.29) is 17.7 Å². The summed E-state index contributed by atoms with van der Waals surface area (Å²) in [6, 6.07) is 6.17. The summed E-state index contributed by atoms with van der Waals surface area (Å²) < 4.78 is 0. The first-order valence-corrected chi connectivity index (χ1v) is 18.1. The first-order valence-electron chi connectivity index (χ1n) is 16.7. The van der Waals surface area contributed by atoms with Gasteiger partial charge in [0.25, 0.3) is 0 Å². The molecule has 0 spiro atoms. The molecular weight excluding hydrogens is 609 g/mol. The summed E-state index contributed by atoms with van der Waals surface area (Å²) in [4.78, 5) is 59.8. The van der Waals surface area contributed by atoms with E-state index in [4.69, 9.17) is 0 Å². The van der Waals surface area contributed by atoms with Crippen LogP contribution in [-0.4, -0.2) is 59.4 Å². The van der Waals surface area contributed by atoms with Crippen molar-refractivity contribution in [1.82, 2.24) is 29.7 Å². The number of fused-ring (bicyclic) bond motifs is 6. The molecule has 0 N–H and O–H groups in total. The fraction of sp³-hybridized carbons (Fsp3) is 0.514. The molecule has 6 bridgehead atoms. The first-order chi connectivity index (χ1) is 22.6. The third-order valence-corrected chi connectivity index (χ3v) is 8.86. The summed E-state index contributed by atoms with van der Waals surface area (Å²) in [6.07, 6.45) is 15.8. The lowest BCUT2D eigenvalue weighted by Crippen LogP contribution is -2.32. The van der Waals surface area contributed by atoms with Crippen molar-refractivity contribution in [3.63, 3.8) is 0 Å². The highest BCUT2D eigenvalue weighted by atomic mass is 32.2. The summed E-state index contributed by atoms with van der Waals surface area (Å²) in [6.45, 7) is 10.9. The first kappa shape index (κ1) is 36.1. The average Bonchev–Trinajstić information content (AvgIpc) is 3.04. The molecule has 0 aromatic carbocycles. The molecule has 0 saturated heterocycles. The molecule has 0 unspecified atom stereocenters. The number of carbonyl (C=O) groups excluding carboxylic acids is 3. The van der Waals surface area contributed by atoms with Gasteiger partial charge in [-0.05, 0) is 82.5 Å². The molecule has 1 aliphatic heterocycles. The number of pyridine rings is 3. The number of nitrogens with zero attached hydrogens (tertiary/aromatic N) is 6. The van der Waals surface area contributed by atoms with Gasteiger partial charge in [-0.25, -0.2) is 0 Å².